The molecule has 102 valence electrons. The van der Waals surface area contributed by atoms with Crippen molar-refractivity contribution in [3.63, 3.8) is 0 Å². The van der Waals surface area contributed by atoms with Crippen LogP contribution in [0.1, 0.15) is 16.8 Å². The number of aromatic nitrogens is 2. The molecular formula is C12H9BrClF3N2. The van der Waals surface area contributed by atoms with Gasteiger partial charge in [0.2, 0.25) is 0 Å². The van der Waals surface area contributed by atoms with Gasteiger partial charge in [0.05, 0.1) is 18.6 Å². The quantitative estimate of drug-likeness (QED) is 0.745. The van der Waals surface area contributed by atoms with E-state index in [-0.39, 0.29) is 18.0 Å². The van der Waals surface area contributed by atoms with Gasteiger partial charge in [-0.1, -0.05) is 28.1 Å². The molecule has 1 aromatic carbocycles. The summed E-state index contributed by atoms with van der Waals surface area (Å²) in [6, 6.07) is 7.06. The number of nitrogens with zero attached hydrogens (tertiary/aromatic N) is 2. The highest BCUT2D eigenvalue weighted by Crippen LogP contribution is 2.33. The van der Waals surface area contributed by atoms with Crippen molar-refractivity contribution in [1.82, 2.24) is 9.78 Å². The van der Waals surface area contributed by atoms with E-state index in [0.717, 1.165) is 20.9 Å². The lowest BCUT2D eigenvalue weighted by molar-refractivity contribution is -0.144. The summed E-state index contributed by atoms with van der Waals surface area (Å²) in [7, 11) is 0. The van der Waals surface area contributed by atoms with Gasteiger partial charge >= 0.3 is 6.18 Å². The molecule has 1 heterocycles. The third kappa shape index (κ3) is 3.30. The van der Waals surface area contributed by atoms with Crippen LogP contribution >= 0.6 is 27.5 Å². The summed E-state index contributed by atoms with van der Waals surface area (Å²) >= 11 is 8.80. The van der Waals surface area contributed by atoms with E-state index in [1.807, 2.05) is 0 Å². The topological polar surface area (TPSA) is 17.8 Å². The fourth-order valence-electron chi connectivity index (χ4n) is 1.78. The molecule has 0 unspecified atom stereocenters. The standard InChI is InChI=1S/C12H9BrClF3N2/c13-10-3-1-2-8(4-10)7-19-11(12(15,16)17)9(5-14)6-18-19/h1-4,6H,5,7H2. The fourth-order valence-corrected chi connectivity index (χ4v) is 2.42. The van der Waals surface area contributed by atoms with E-state index in [1.54, 1.807) is 24.3 Å². The van der Waals surface area contributed by atoms with Crippen molar-refractivity contribution in [2.45, 2.75) is 18.6 Å². The molecule has 0 saturated heterocycles. The molecule has 2 rings (SSSR count). The molecule has 0 aliphatic carbocycles. The van der Waals surface area contributed by atoms with Crippen LogP contribution in [0.25, 0.3) is 0 Å². The minimum absolute atomic E-state index is 0.0100. The first-order chi connectivity index (χ1) is 8.91. The number of benzene rings is 1. The normalized spacial score (nSPS) is 11.8. The third-order valence-corrected chi connectivity index (χ3v) is 3.33. The summed E-state index contributed by atoms with van der Waals surface area (Å²) in [5.74, 6) is -0.215. The number of rotatable bonds is 3. The van der Waals surface area contributed by atoms with Crippen LogP contribution in [0.4, 0.5) is 13.2 Å². The first-order valence-corrected chi connectivity index (χ1v) is 6.67. The van der Waals surface area contributed by atoms with Gasteiger partial charge in [-0.2, -0.15) is 18.3 Å². The summed E-state index contributed by atoms with van der Waals surface area (Å²) in [4.78, 5) is 0. The molecule has 0 N–H and O–H groups in total. The zero-order valence-corrected chi connectivity index (χ0v) is 11.9. The average Bonchev–Trinajstić information content (AvgIpc) is 2.71. The number of halogens is 5. The van der Waals surface area contributed by atoms with Crippen molar-refractivity contribution in [3.05, 3.63) is 51.8 Å². The van der Waals surface area contributed by atoms with Crippen molar-refractivity contribution >= 4 is 27.5 Å². The van der Waals surface area contributed by atoms with E-state index in [2.05, 4.69) is 21.0 Å². The Bertz CT molecular complexity index is 581. The molecule has 0 amide bonds. The molecule has 0 radical (unpaired) electrons. The molecule has 2 nitrogen and oxygen atoms in total. The molecule has 0 bridgehead atoms. The van der Waals surface area contributed by atoms with Gasteiger partial charge in [-0.05, 0) is 17.7 Å². The maximum absolute atomic E-state index is 13.0. The average molecular weight is 354 g/mol. The number of hydrogen-bond acceptors (Lipinski definition) is 1. The van der Waals surface area contributed by atoms with E-state index in [1.165, 1.54) is 0 Å². The Hall–Kier alpha value is -1.01. The van der Waals surface area contributed by atoms with Crippen molar-refractivity contribution in [2.75, 3.05) is 0 Å². The number of alkyl halides is 4. The zero-order valence-electron chi connectivity index (χ0n) is 9.59. The molecule has 0 aliphatic heterocycles. The van der Waals surface area contributed by atoms with Crippen molar-refractivity contribution < 1.29 is 13.2 Å². The maximum Gasteiger partial charge on any atom is 0.433 e. The minimum Gasteiger partial charge on any atom is -0.256 e. The van der Waals surface area contributed by atoms with Crippen LogP contribution in [-0.2, 0) is 18.6 Å². The highest BCUT2D eigenvalue weighted by atomic mass is 79.9. The van der Waals surface area contributed by atoms with Crippen molar-refractivity contribution in [3.8, 4) is 0 Å². The van der Waals surface area contributed by atoms with Crippen molar-refractivity contribution in [2.24, 2.45) is 0 Å². The molecule has 0 aliphatic rings. The van der Waals surface area contributed by atoms with Crippen LogP contribution in [0.3, 0.4) is 0 Å². The van der Waals surface area contributed by atoms with Gasteiger partial charge in [-0.15, -0.1) is 11.6 Å². The SMILES string of the molecule is FC(F)(F)c1c(CCl)cnn1Cc1cccc(Br)c1. The Morgan fingerprint density at radius 2 is 2.05 bits per heavy atom. The van der Waals surface area contributed by atoms with Gasteiger partial charge < -0.3 is 0 Å². The van der Waals surface area contributed by atoms with E-state index < -0.39 is 11.9 Å². The Morgan fingerprint density at radius 1 is 1.32 bits per heavy atom. The lowest BCUT2D eigenvalue weighted by Crippen LogP contribution is -2.17. The third-order valence-electron chi connectivity index (χ3n) is 2.55. The van der Waals surface area contributed by atoms with Crippen LogP contribution in [0, 0.1) is 0 Å². The van der Waals surface area contributed by atoms with Crippen LogP contribution in [0.2, 0.25) is 0 Å². The Labute approximate surface area is 121 Å². The summed E-state index contributed by atoms with van der Waals surface area (Å²) in [5, 5.41) is 3.78. The smallest absolute Gasteiger partial charge is 0.256 e. The molecule has 0 atom stereocenters. The summed E-state index contributed by atoms with van der Waals surface area (Å²) < 4.78 is 40.7. The molecule has 7 heteroatoms. The second-order valence-electron chi connectivity index (χ2n) is 3.94. The van der Waals surface area contributed by atoms with Gasteiger partial charge in [0, 0.05) is 10.0 Å². The molecule has 1 aromatic heterocycles. The predicted octanol–water partition coefficient (Wildman–Crippen LogP) is 4.45. The second kappa shape index (κ2) is 5.54. The summed E-state index contributed by atoms with van der Waals surface area (Å²) in [6.07, 6.45) is -3.31. The summed E-state index contributed by atoms with van der Waals surface area (Å²) in [6.45, 7) is 0.0468. The highest BCUT2D eigenvalue weighted by Gasteiger charge is 2.37. The maximum atomic E-state index is 13.0. The largest absolute Gasteiger partial charge is 0.433 e. The first-order valence-electron chi connectivity index (χ1n) is 5.34. The lowest BCUT2D eigenvalue weighted by Gasteiger charge is -2.12. The number of hydrogen-bond donors (Lipinski definition) is 0. The first kappa shape index (κ1) is 14.4. The highest BCUT2D eigenvalue weighted by molar-refractivity contribution is 9.10. The van der Waals surface area contributed by atoms with Gasteiger partial charge in [-0.3, -0.25) is 4.68 Å². The van der Waals surface area contributed by atoms with E-state index in [9.17, 15) is 13.2 Å². The zero-order chi connectivity index (χ0) is 14.0. The van der Waals surface area contributed by atoms with Crippen LogP contribution < -0.4 is 0 Å². The minimum atomic E-state index is -4.47. The Balaban J connectivity index is 2.38. The summed E-state index contributed by atoms with van der Waals surface area (Å²) in [5.41, 5.74) is -0.0734. The van der Waals surface area contributed by atoms with E-state index in [0.29, 0.717) is 0 Å². The monoisotopic (exact) mass is 352 g/mol. The fraction of sp³-hybridized carbons (Fsp3) is 0.250. The van der Waals surface area contributed by atoms with Crippen LogP contribution in [0.5, 0.6) is 0 Å². The van der Waals surface area contributed by atoms with Crippen LogP contribution in [-0.4, -0.2) is 9.78 Å². The molecule has 2 aromatic rings. The molecule has 0 spiro atoms. The van der Waals surface area contributed by atoms with Gasteiger partial charge in [0.1, 0.15) is 5.69 Å². The molecule has 19 heavy (non-hydrogen) atoms. The molecule has 0 fully saturated rings. The van der Waals surface area contributed by atoms with Gasteiger partial charge in [0.25, 0.3) is 0 Å². The predicted molar refractivity (Wildman–Crippen MR) is 70.0 cm³/mol. The van der Waals surface area contributed by atoms with E-state index >= 15 is 0 Å². The second-order valence-corrected chi connectivity index (χ2v) is 5.12. The van der Waals surface area contributed by atoms with Gasteiger partial charge in [0.15, 0.2) is 0 Å². The van der Waals surface area contributed by atoms with Crippen molar-refractivity contribution in [1.29, 1.82) is 0 Å². The van der Waals surface area contributed by atoms with E-state index in [4.69, 9.17) is 11.6 Å². The Kier molecular flexibility index (Phi) is 4.20. The Morgan fingerprint density at radius 3 is 2.63 bits per heavy atom. The van der Waals surface area contributed by atoms with Crippen LogP contribution in [0.15, 0.2) is 34.9 Å². The molecular weight excluding hydrogens is 344 g/mol. The lowest BCUT2D eigenvalue weighted by atomic mass is 10.2. The van der Waals surface area contributed by atoms with Gasteiger partial charge in [-0.25, -0.2) is 0 Å². The molecule has 0 saturated carbocycles.